The van der Waals surface area contributed by atoms with Gasteiger partial charge < -0.3 is 9.72 Å². The summed E-state index contributed by atoms with van der Waals surface area (Å²) in [4.78, 5) is 23.3. The first kappa shape index (κ1) is 19.6. The summed E-state index contributed by atoms with van der Waals surface area (Å²) in [6.45, 7) is 1.26. The SMILES string of the molecule is COc1cccc(CN(C)Cc2nc3scc(-c4ccc(Cl)cc4)c3c(=O)[nH]2)c1. The van der Waals surface area contributed by atoms with Crippen molar-refractivity contribution in [3.63, 3.8) is 0 Å². The number of aromatic amines is 1. The Morgan fingerprint density at radius 3 is 2.72 bits per heavy atom. The average Bonchev–Trinajstić information content (AvgIpc) is 3.13. The Kier molecular flexibility index (Phi) is 5.67. The van der Waals surface area contributed by atoms with Gasteiger partial charge in [0.15, 0.2) is 0 Å². The predicted octanol–water partition coefficient (Wildman–Crippen LogP) is 4.95. The van der Waals surface area contributed by atoms with E-state index in [0.717, 1.165) is 33.8 Å². The van der Waals surface area contributed by atoms with Gasteiger partial charge in [0.25, 0.3) is 5.56 Å². The Labute approximate surface area is 177 Å². The highest BCUT2D eigenvalue weighted by Gasteiger charge is 2.14. The minimum Gasteiger partial charge on any atom is -0.497 e. The van der Waals surface area contributed by atoms with Crippen molar-refractivity contribution in [3.8, 4) is 16.9 Å². The van der Waals surface area contributed by atoms with Gasteiger partial charge >= 0.3 is 0 Å². The second kappa shape index (κ2) is 8.37. The summed E-state index contributed by atoms with van der Waals surface area (Å²) in [5.41, 5.74) is 2.85. The number of halogens is 1. The minimum atomic E-state index is -0.119. The Bertz CT molecular complexity index is 1200. The Balaban J connectivity index is 1.57. The highest BCUT2D eigenvalue weighted by Crippen LogP contribution is 2.31. The normalized spacial score (nSPS) is 11.3. The van der Waals surface area contributed by atoms with E-state index in [9.17, 15) is 4.79 Å². The van der Waals surface area contributed by atoms with Crippen molar-refractivity contribution in [1.29, 1.82) is 0 Å². The molecule has 0 saturated carbocycles. The number of hydrogen-bond acceptors (Lipinski definition) is 5. The molecule has 4 rings (SSSR count). The maximum Gasteiger partial charge on any atom is 0.260 e. The van der Waals surface area contributed by atoms with Gasteiger partial charge in [0.05, 0.1) is 19.0 Å². The number of rotatable bonds is 6. The minimum absolute atomic E-state index is 0.119. The standard InChI is InChI=1S/C22H20ClN3O2S/c1-26(11-14-4-3-5-17(10-14)28-2)12-19-24-21(27)20-18(13-29-22(20)25-19)15-6-8-16(23)9-7-15/h3-10,13H,11-12H2,1-2H3,(H,24,25,27). The summed E-state index contributed by atoms with van der Waals surface area (Å²) in [5, 5.41) is 3.26. The Hall–Kier alpha value is -2.67. The molecule has 29 heavy (non-hydrogen) atoms. The molecule has 7 heteroatoms. The Morgan fingerprint density at radius 1 is 1.17 bits per heavy atom. The fourth-order valence-corrected chi connectivity index (χ4v) is 4.40. The summed E-state index contributed by atoms with van der Waals surface area (Å²) in [6, 6.07) is 15.4. The van der Waals surface area contributed by atoms with Crippen LogP contribution in [0.15, 0.2) is 58.7 Å². The molecule has 0 aliphatic carbocycles. The molecule has 1 N–H and O–H groups in total. The van der Waals surface area contributed by atoms with Gasteiger partial charge in [-0.15, -0.1) is 11.3 Å². The van der Waals surface area contributed by atoms with E-state index in [0.29, 0.717) is 22.8 Å². The first-order valence-electron chi connectivity index (χ1n) is 9.11. The van der Waals surface area contributed by atoms with Crippen LogP contribution in [0.5, 0.6) is 5.75 Å². The van der Waals surface area contributed by atoms with Crippen LogP contribution in [-0.2, 0) is 13.1 Å². The topological polar surface area (TPSA) is 58.2 Å². The lowest BCUT2D eigenvalue weighted by Gasteiger charge is -2.16. The van der Waals surface area contributed by atoms with Gasteiger partial charge in [-0.2, -0.15) is 0 Å². The predicted molar refractivity (Wildman–Crippen MR) is 119 cm³/mol. The third-order valence-electron chi connectivity index (χ3n) is 4.65. The first-order valence-corrected chi connectivity index (χ1v) is 10.4. The average molecular weight is 426 g/mol. The largest absolute Gasteiger partial charge is 0.497 e. The first-order chi connectivity index (χ1) is 14.0. The van der Waals surface area contributed by atoms with Crippen LogP contribution in [0.2, 0.25) is 5.02 Å². The molecule has 0 unspecified atom stereocenters. The van der Waals surface area contributed by atoms with Crippen LogP contribution in [0.4, 0.5) is 0 Å². The zero-order valence-corrected chi connectivity index (χ0v) is 17.7. The molecule has 2 aromatic carbocycles. The summed E-state index contributed by atoms with van der Waals surface area (Å²) in [6.07, 6.45) is 0. The van der Waals surface area contributed by atoms with E-state index in [2.05, 4.69) is 20.9 Å². The van der Waals surface area contributed by atoms with Gasteiger partial charge in [-0.1, -0.05) is 35.9 Å². The molecule has 0 saturated heterocycles. The van der Waals surface area contributed by atoms with Crippen molar-refractivity contribution in [3.05, 3.63) is 80.7 Å². The zero-order chi connectivity index (χ0) is 20.4. The lowest BCUT2D eigenvalue weighted by Crippen LogP contribution is -2.21. The van der Waals surface area contributed by atoms with Crippen LogP contribution in [0.3, 0.4) is 0 Å². The van der Waals surface area contributed by atoms with Gasteiger partial charge in [0, 0.05) is 22.5 Å². The number of aromatic nitrogens is 2. The summed E-state index contributed by atoms with van der Waals surface area (Å²) in [5.74, 6) is 1.48. The fraction of sp³-hybridized carbons (Fsp3) is 0.182. The number of nitrogens with zero attached hydrogens (tertiary/aromatic N) is 2. The van der Waals surface area contributed by atoms with Crippen molar-refractivity contribution in [2.45, 2.75) is 13.1 Å². The van der Waals surface area contributed by atoms with Crippen molar-refractivity contribution >= 4 is 33.2 Å². The lowest BCUT2D eigenvalue weighted by atomic mass is 10.1. The maximum absolute atomic E-state index is 12.8. The number of benzene rings is 2. The zero-order valence-electron chi connectivity index (χ0n) is 16.1. The number of methoxy groups -OCH3 is 1. The molecule has 0 spiro atoms. The third-order valence-corrected chi connectivity index (χ3v) is 5.78. The van der Waals surface area contributed by atoms with E-state index >= 15 is 0 Å². The number of ether oxygens (including phenoxy) is 1. The molecule has 0 aliphatic rings. The van der Waals surface area contributed by atoms with E-state index in [1.165, 1.54) is 11.3 Å². The van der Waals surface area contributed by atoms with Crippen LogP contribution in [-0.4, -0.2) is 29.0 Å². The highest BCUT2D eigenvalue weighted by molar-refractivity contribution is 7.17. The van der Waals surface area contributed by atoms with Gasteiger partial charge in [0.1, 0.15) is 16.4 Å². The van der Waals surface area contributed by atoms with Crippen molar-refractivity contribution in [1.82, 2.24) is 14.9 Å². The lowest BCUT2D eigenvalue weighted by molar-refractivity contribution is 0.310. The van der Waals surface area contributed by atoms with Crippen LogP contribution in [0.25, 0.3) is 21.3 Å². The van der Waals surface area contributed by atoms with Gasteiger partial charge in [-0.3, -0.25) is 9.69 Å². The van der Waals surface area contributed by atoms with E-state index in [-0.39, 0.29) is 5.56 Å². The molecule has 0 amide bonds. The summed E-state index contributed by atoms with van der Waals surface area (Å²) < 4.78 is 5.28. The van der Waals surface area contributed by atoms with Gasteiger partial charge in [-0.05, 0) is 42.4 Å². The molecule has 2 heterocycles. The molecule has 5 nitrogen and oxygen atoms in total. The van der Waals surface area contributed by atoms with Crippen molar-refractivity contribution < 1.29 is 4.74 Å². The molecule has 148 valence electrons. The van der Waals surface area contributed by atoms with E-state index < -0.39 is 0 Å². The smallest absolute Gasteiger partial charge is 0.260 e. The monoisotopic (exact) mass is 425 g/mol. The fourth-order valence-electron chi connectivity index (χ4n) is 3.30. The molecule has 0 aliphatic heterocycles. The van der Waals surface area contributed by atoms with Crippen LogP contribution in [0, 0.1) is 0 Å². The van der Waals surface area contributed by atoms with Crippen LogP contribution >= 0.6 is 22.9 Å². The molecule has 0 fully saturated rings. The second-order valence-electron chi connectivity index (χ2n) is 6.87. The number of thiophene rings is 1. The third kappa shape index (κ3) is 4.34. The van der Waals surface area contributed by atoms with Gasteiger partial charge in [0.2, 0.25) is 0 Å². The van der Waals surface area contributed by atoms with E-state index in [1.54, 1.807) is 7.11 Å². The highest BCUT2D eigenvalue weighted by atomic mass is 35.5. The molecule has 0 bridgehead atoms. The number of hydrogen-bond donors (Lipinski definition) is 1. The molecular formula is C22H20ClN3O2S. The maximum atomic E-state index is 12.8. The summed E-state index contributed by atoms with van der Waals surface area (Å²) in [7, 11) is 3.66. The summed E-state index contributed by atoms with van der Waals surface area (Å²) >= 11 is 7.46. The molecule has 0 radical (unpaired) electrons. The molecule has 0 atom stereocenters. The molecular weight excluding hydrogens is 406 g/mol. The van der Waals surface area contributed by atoms with Crippen LogP contribution in [0.1, 0.15) is 11.4 Å². The Morgan fingerprint density at radius 2 is 1.97 bits per heavy atom. The number of nitrogens with one attached hydrogen (secondary N) is 1. The molecule has 4 aromatic rings. The number of fused-ring (bicyclic) bond motifs is 1. The number of H-pyrrole nitrogens is 1. The van der Waals surface area contributed by atoms with E-state index in [4.69, 9.17) is 16.3 Å². The quantitative estimate of drug-likeness (QED) is 0.475. The van der Waals surface area contributed by atoms with Crippen molar-refractivity contribution in [2.75, 3.05) is 14.2 Å². The second-order valence-corrected chi connectivity index (χ2v) is 8.17. The van der Waals surface area contributed by atoms with Gasteiger partial charge in [-0.25, -0.2) is 4.98 Å². The molecule has 2 aromatic heterocycles. The van der Waals surface area contributed by atoms with E-state index in [1.807, 2.05) is 54.9 Å². The van der Waals surface area contributed by atoms with Crippen molar-refractivity contribution in [2.24, 2.45) is 0 Å². The van der Waals surface area contributed by atoms with Crippen LogP contribution < -0.4 is 10.3 Å².